The number of nitrogen functional groups attached to an aromatic ring is 1. The number of nitrogens with zero attached hydrogens (tertiary/aromatic N) is 2. The van der Waals surface area contributed by atoms with Crippen LogP contribution < -0.4 is 5.73 Å². The van der Waals surface area contributed by atoms with Gasteiger partial charge in [0.1, 0.15) is 11.2 Å². The highest BCUT2D eigenvalue weighted by molar-refractivity contribution is 7.98. The normalized spacial score (nSPS) is 12.0. The SMILES string of the molecule is Cc1ccc(-c2cnc(N)c(C(=O)Cc3ccc(S(=O)(=O)CP(C)(C)=O)cc3)n2)cc1. The lowest BCUT2D eigenvalue weighted by atomic mass is 10.1. The van der Waals surface area contributed by atoms with E-state index in [9.17, 15) is 17.8 Å². The zero-order valence-electron chi connectivity index (χ0n) is 17.6. The predicted octanol–water partition coefficient (Wildman–Crippen LogP) is 3.81. The Morgan fingerprint density at radius 1 is 1.03 bits per heavy atom. The van der Waals surface area contributed by atoms with E-state index in [-0.39, 0.29) is 28.6 Å². The van der Waals surface area contributed by atoms with E-state index < -0.39 is 22.5 Å². The molecule has 0 radical (unpaired) electrons. The molecule has 0 unspecified atom stereocenters. The first-order chi connectivity index (χ1) is 14.4. The fourth-order valence-electron chi connectivity index (χ4n) is 3.03. The largest absolute Gasteiger partial charge is 0.382 e. The van der Waals surface area contributed by atoms with Crippen LogP contribution in [0.25, 0.3) is 11.3 Å². The first-order valence-corrected chi connectivity index (χ1v) is 14.0. The quantitative estimate of drug-likeness (QED) is 0.423. The van der Waals surface area contributed by atoms with Gasteiger partial charge in [0, 0.05) is 12.0 Å². The van der Waals surface area contributed by atoms with Gasteiger partial charge in [-0.25, -0.2) is 18.4 Å². The number of carbonyl (C=O) groups is 1. The third-order valence-electron chi connectivity index (χ3n) is 4.54. The van der Waals surface area contributed by atoms with E-state index in [1.807, 2.05) is 31.2 Å². The summed E-state index contributed by atoms with van der Waals surface area (Å²) in [4.78, 5) is 21.4. The standard InChI is InChI=1S/C22H24N3O4PS/c1-15-4-8-17(9-5-15)19-13-24-22(23)21(25-19)20(26)12-16-6-10-18(11-7-16)31(28,29)14-30(2,3)27/h4-11,13H,12,14H2,1-3H3,(H2,23,24). The van der Waals surface area contributed by atoms with Gasteiger partial charge in [-0.05, 0) is 37.9 Å². The molecule has 0 bridgehead atoms. The Hall–Kier alpha value is -2.83. The molecule has 0 saturated heterocycles. The van der Waals surface area contributed by atoms with Crippen molar-refractivity contribution in [1.82, 2.24) is 9.97 Å². The third-order valence-corrected chi connectivity index (χ3v) is 9.38. The zero-order valence-corrected chi connectivity index (χ0v) is 19.3. The lowest BCUT2D eigenvalue weighted by molar-refractivity contribution is 0.0989. The molecule has 2 aromatic carbocycles. The molecule has 31 heavy (non-hydrogen) atoms. The average molecular weight is 457 g/mol. The summed E-state index contributed by atoms with van der Waals surface area (Å²) in [6.45, 7) is 4.86. The minimum Gasteiger partial charge on any atom is -0.382 e. The van der Waals surface area contributed by atoms with Crippen molar-refractivity contribution < 1.29 is 17.8 Å². The van der Waals surface area contributed by atoms with E-state index in [0.717, 1.165) is 11.1 Å². The smallest absolute Gasteiger partial charge is 0.189 e. The van der Waals surface area contributed by atoms with Crippen LogP contribution in [0.4, 0.5) is 5.82 Å². The van der Waals surface area contributed by atoms with E-state index in [0.29, 0.717) is 11.3 Å². The third kappa shape index (κ3) is 5.87. The molecule has 0 spiro atoms. The Morgan fingerprint density at radius 3 is 2.23 bits per heavy atom. The number of sulfone groups is 1. The Bertz CT molecular complexity index is 1270. The maximum Gasteiger partial charge on any atom is 0.189 e. The van der Waals surface area contributed by atoms with Crippen molar-refractivity contribution in [3.63, 3.8) is 0 Å². The molecule has 0 atom stereocenters. The molecule has 0 aliphatic rings. The van der Waals surface area contributed by atoms with Crippen LogP contribution in [-0.2, 0) is 20.8 Å². The molecule has 1 aromatic heterocycles. The van der Waals surface area contributed by atoms with Gasteiger partial charge < -0.3 is 10.3 Å². The van der Waals surface area contributed by atoms with Gasteiger partial charge in [0.05, 0.1) is 23.9 Å². The maximum atomic E-state index is 12.8. The molecule has 2 N–H and O–H groups in total. The van der Waals surface area contributed by atoms with Gasteiger partial charge >= 0.3 is 0 Å². The van der Waals surface area contributed by atoms with Crippen molar-refractivity contribution in [1.29, 1.82) is 0 Å². The second-order valence-electron chi connectivity index (χ2n) is 7.92. The van der Waals surface area contributed by atoms with Crippen LogP contribution in [0.15, 0.2) is 59.6 Å². The summed E-state index contributed by atoms with van der Waals surface area (Å²) in [5.41, 5.74) is 8.66. The number of hydrogen-bond donors (Lipinski definition) is 1. The minimum absolute atomic E-state index is 0.00337. The Morgan fingerprint density at radius 2 is 1.65 bits per heavy atom. The number of nitrogens with two attached hydrogens (primary N) is 1. The summed E-state index contributed by atoms with van der Waals surface area (Å²) in [5, 5.41) is 0. The average Bonchev–Trinajstić information content (AvgIpc) is 2.67. The molecule has 0 saturated carbocycles. The maximum absolute atomic E-state index is 12.8. The molecule has 0 aliphatic carbocycles. The molecule has 0 aliphatic heterocycles. The summed E-state index contributed by atoms with van der Waals surface area (Å²) >= 11 is 0. The molecular formula is C22H24N3O4PS. The van der Waals surface area contributed by atoms with Crippen LogP contribution in [-0.4, -0.2) is 43.0 Å². The van der Waals surface area contributed by atoms with Gasteiger partial charge in [-0.15, -0.1) is 0 Å². The highest BCUT2D eigenvalue weighted by Crippen LogP contribution is 2.39. The van der Waals surface area contributed by atoms with Crippen LogP contribution in [0.1, 0.15) is 21.6 Å². The summed E-state index contributed by atoms with van der Waals surface area (Å²) in [7, 11) is -6.39. The molecule has 7 nitrogen and oxygen atoms in total. The van der Waals surface area contributed by atoms with Crippen LogP contribution >= 0.6 is 7.14 Å². The summed E-state index contributed by atoms with van der Waals surface area (Å²) < 4.78 is 36.6. The van der Waals surface area contributed by atoms with E-state index in [2.05, 4.69) is 9.97 Å². The zero-order chi connectivity index (χ0) is 22.8. The molecular weight excluding hydrogens is 433 g/mol. The van der Waals surface area contributed by atoms with E-state index in [1.165, 1.54) is 31.7 Å². The number of aryl methyl sites for hydroxylation is 1. The number of rotatable bonds is 7. The van der Waals surface area contributed by atoms with Crippen LogP contribution in [0.3, 0.4) is 0 Å². The van der Waals surface area contributed by atoms with Crippen molar-refractivity contribution in [3.8, 4) is 11.3 Å². The number of hydrogen-bond acceptors (Lipinski definition) is 7. The molecule has 0 amide bonds. The number of anilines is 1. The fraction of sp³-hybridized carbons (Fsp3) is 0.227. The first kappa shape index (κ1) is 22.8. The monoisotopic (exact) mass is 457 g/mol. The second kappa shape index (κ2) is 8.73. The van der Waals surface area contributed by atoms with E-state index >= 15 is 0 Å². The van der Waals surface area contributed by atoms with Gasteiger partial charge in [0.25, 0.3) is 0 Å². The minimum atomic E-state index is -3.65. The molecule has 3 aromatic rings. The Balaban J connectivity index is 1.81. The van der Waals surface area contributed by atoms with Crippen molar-refractivity contribution in [2.24, 2.45) is 0 Å². The van der Waals surface area contributed by atoms with Crippen molar-refractivity contribution in [2.75, 3.05) is 24.6 Å². The number of Topliss-reactive ketones (excluding diaryl/α,β-unsaturated/α-hetero) is 1. The van der Waals surface area contributed by atoms with E-state index in [4.69, 9.17) is 5.73 Å². The fourth-order valence-corrected chi connectivity index (χ4v) is 7.46. The molecule has 9 heteroatoms. The predicted molar refractivity (Wildman–Crippen MR) is 123 cm³/mol. The molecule has 1 heterocycles. The van der Waals surface area contributed by atoms with Gasteiger partial charge in [-0.2, -0.15) is 0 Å². The number of aromatic nitrogens is 2. The van der Waals surface area contributed by atoms with Crippen molar-refractivity contribution in [3.05, 3.63) is 71.5 Å². The molecule has 3 rings (SSSR count). The van der Waals surface area contributed by atoms with Gasteiger partial charge in [0.2, 0.25) is 0 Å². The first-order valence-electron chi connectivity index (χ1n) is 9.53. The van der Waals surface area contributed by atoms with Crippen LogP contribution in [0.5, 0.6) is 0 Å². The Labute approximate surface area is 182 Å². The summed E-state index contributed by atoms with van der Waals surface area (Å²) in [6, 6.07) is 13.7. The summed E-state index contributed by atoms with van der Waals surface area (Å²) in [5.74, 6) is -0.275. The van der Waals surface area contributed by atoms with E-state index in [1.54, 1.807) is 12.1 Å². The van der Waals surface area contributed by atoms with Gasteiger partial charge in [0.15, 0.2) is 21.4 Å². The van der Waals surface area contributed by atoms with Crippen molar-refractivity contribution in [2.45, 2.75) is 18.2 Å². The van der Waals surface area contributed by atoms with Gasteiger partial charge in [-0.3, -0.25) is 4.79 Å². The number of benzene rings is 2. The topological polar surface area (TPSA) is 120 Å². The van der Waals surface area contributed by atoms with Gasteiger partial charge in [-0.1, -0.05) is 42.0 Å². The highest BCUT2D eigenvalue weighted by Gasteiger charge is 2.22. The molecule has 162 valence electrons. The summed E-state index contributed by atoms with van der Waals surface area (Å²) in [6.07, 6.45) is 1.52. The van der Waals surface area contributed by atoms with Crippen molar-refractivity contribution >= 4 is 28.6 Å². The lowest BCUT2D eigenvalue weighted by Crippen LogP contribution is -2.12. The van der Waals surface area contributed by atoms with Crippen LogP contribution in [0.2, 0.25) is 0 Å². The Kier molecular flexibility index (Phi) is 6.43. The highest BCUT2D eigenvalue weighted by atomic mass is 32.2. The second-order valence-corrected chi connectivity index (χ2v) is 13.8. The number of carbonyl (C=O) groups excluding carboxylic acids is 1. The number of ketones is 1. The molecule has 0 fully saturated rings. The lowest BCUT2D eigenvalue weighted by Gasteiger charge is -2.09. The van der Waals surface area contributed by atoms with Crippen LogP contribution in [0, 0.1) is 6.92 Å².